The van der Waals surface area contributed by atoms with Crippen molar-refractivity contribution < 1.29 is 9.18 Å². The molecule has 3 nitrogen and oxygen atoms in total. The third-order valence-corrected chi connectivity index (χ3v) is 6.64. The molecule has 28 heavy (non-hydrogen) atoms. The van der Waals surface area contributed by atoms with Gasteiger partial charge in [-0.2, -0.15) is 0 Å². The summed E-state index contributed by atoms with van der Waals surface area (Å²) in [4.78, 5) is 18.1. The van der Waals surface area contributed by atoms with Gasteiger partial charge in [0.15, 0.2) is 0 Å². The molecule has 2 aromatic carbocycles. The van der Waals surface area contributed by atoms with Gasteiger partial charge in [-0.25, -0.2) is 4.39 Å². The number of hydrogen-bond acceptors (Lipinski definition) is 1. The first-order chi connectivity index (χ1) is 13.7. The van der Waals surface area contributed by atoms with E-state index in [0.29, 0.717) is 24.2 Å². The molecule has 1 saturated heterocycles. The lowest BCUT2D eigenvalue weighted by atomic mass is 9.88. The lowest BCUT2D eigenvalue weighted by molar-refractivity contribution is -0.132. The quantitative estimate of drug-likeness (QED) is 0.676. The van der Waals surface area contributed by atoms with Crippen molar-refractivity contribution in [2.75, 3.05) is 13.1 Å². The SMILES string of the molecule is O=C(CC1CCc2ccccc21)N1CCC(c2c[nH]c3cc(F)ccc23)CC1. The van der Waals surface area contributed by atoms with Gasteiger partial charge in [0, 0.05) is 36.6 Å². The maximum Gasteiger partial charge on any atom is 0.223 e. The summed E-state index contributed by atoms with van der Waals surface area (Å²) in [5, 5.41) is 1.11. The maximum absolute atomic E-state index is 13.4. The van der Waals surface area contributed by atoms with Crippen molar-refractivity contribution in [3.8, 4) is 0 Å². The van der Waals surface area contributed by atoms with Crippen molar-refractivity contribution >= 4 is 16.8 Å². The van der Waals surface area contributed by atoms with Crippen molar-refractivity contribution in [1.29, 1.82) is 0 Å². The van der Waals surface area contributed by atoms with Gasteiger partial charge < -0.3 is 9.88 Å². The Balaban J connectivity index is 1.23. The largest absolute Gasteiger partial charge is 0.361 e. The molecule has 144 valence electrons. The molecule has 1 unspecified atom stereocenters. The fourth-order valence-electron chi connectivity index (χ4n) is 5.10. The van der Waals surface area contributed by atoms with E-state index < -0.39 is 0 Å². The minimum atomic E-state index is -0.213. The first-order valence-electron chi connectivity index (χ1n) is 10.3. The van der Waals surface area contributed by atoms with Crippen molar-refractivity contribution in [1.82, 2.24) is 9.88 Å². The molecule has 1 fully saturated rings. The monoisotopic (exact) mass is 376 g/mol. The van der Waals surface area contributed by atoms with Gasteiger partial charge in [0.2, 0.25) is 5.91 Å². The molecule has 0 spiro atoms. The van der Waals surface area contributed by atoms with Crippen LogP contribution < -0.4 is 0 Å². The molecule has 1 amide bonds. The number of benzene rings is 2. The van der Waals surface area contributed by atoms with Crippen LogP contribution in [0.5, 0.6) is 0 Å². The van der Waals surface area contributed by atoms with Crippen LogP contribution in [0.15, 0.2) is 48.7 Å². The Bertz CT molecular complexity index is 1020. The molecular weight excluding hydrogens is 351 g/mol. The van der Waals surface area contributed by atoms with Gasteiger partial charge in [0.25, 0.3) is 0 Å². The first kappa shape index (κ1) is 17.5. The Morgan fingerprint density at radius 2 is 1.89 bits per heavy atom. The molecule has 3 aromatic rings. The molecule has 1 aliphatic heterocycles. The number of hydrogen-bond donors (Lipinski definition) is 1. The molecule has 1 atom stereocenters. The van der Waals surface area contributed by atoms with E-state index in [1.165, 1.54) is 22.8 Å². The first-order valence-corrected chi connectivity index (χ1v) is 10.3. The molecule has 0 saturated carbocycles. The summed E-state index contributed by atoms with van der Waals surface area (Å²) in [6.45, 7) is 1.62. The second kappa shape index (κ2) is 7.08. The van der Waals surface area contributed by atoms with Crippen LogP contribution in [-0.2, 0) is 11.2 Å². The third-order valence-electron chi connectivity index (χ3n) is 6.64. The molecule has 1 aromatic heterocycles. The molecule has 0 radical (unpaired) electrons. The number of likely N-dealkylation sites (tertiary alicyclic amines) is 1. The van der Waals surface area contributed by atoms with E-state index in [0.717, 1.165) is 49.7 Å². The molecular formula is C24H25FN2O. The van der Waals surface area contributed by atoms with Crippen LogP contribution in [0.2, 0.25) is 0 Å². The number of aryl methyl sites for hydroxylation is 1. The lowest BCUT2D eigenvalue weighted by Crippen LogP contribution is -2.38. The summed E-state index contributed by atoms with van der Waals surface area (Å²) in [6, 6.07) is 13.5. The van der Waals surface area contributed by atoms with Crippen LogP contribution in [0, 0.1) is 5.82 Å². The van der Waals surface area contributed by atoms with E-state index in [1.54, 1.807) is 6.07 Å². The molecule has 2 aliphatic rings. The topological polar surface area (TPSA) is 36.1 Å². The number of fused-ring (bicyclic) bond motifs is 2. The molecule has 1 aliphatic carbocycles. The summed E-state index contributed by atoms with van der Waals surface area (Å²) in [7, 11) is 0. The van der Waals surface area contributed by atoms with E-state index in [2.05, 4.69) is 29.2 Å². The highest BCUT2D eigenvalue weighted by Crippen LogP contribution is 2.37. The van der Waals surface area contributed by atoms with Crippen molar-refractivity contribution in [3.63, 3.8) is 0 Å². The highest BCUT2D eigenvalue weighted by atomic mass is 19.1. The van der Waals surface area contributed by atoms with Crippen LogP contribution in [-0.4, -0.2) is 28.9 Å². The van der Waals surface area contributed by atoms with E-state index in [1.807, 2.05) is 17.2 Å². The number of piperidine rings is 1. The van der Waals surface area contributed by atoms with Gasteiger partial charge in [-0.1, -0.05) is 24.3 Å². The molecule has 5 rings (SSSR count). The number of carbonyl (C=O) groups is 1. The van der Waals surface area contributed by atoms with E-state index >= 15 is 0 Å². The Morgan fingerprint density at radius 1 is 1.07 bits per heavy atom. The van der Waals surface area contributed by atoms with Gasteiger partial charge >= 0.3 is 0 Å². The number of rotatable bonds is 3. The summed E-state index contributed by atoms with van der Waals surface area (Å²) in [5.41, 5.74) is 4.90. The van der Waals surface area contributed by atoms with Crippen molar-refractivity contribution in [3.05, 3.63) is 71.2 Å². The normalized spacial score (nSPS) is 19.9. The second-order valence-corrected chi connectivity index (χ2v) is 8.23. The third kappa shape index (κ3) is 3.11. The van der Waals surface area contributed by atoms with E-state index in [9.17, 15) is 9.18 Å². The summed E-state index contributed by atoms with van der Waals surface area (Å²) in [5.74, 6) is 0.886. The fourth-order valence-corrected chi connectivity index (χ4v) is 5.10. The van der Waals surface area contributed by atoms with Gasteiger partial charge in [-0.15, -0.1) is 0 Å². The zero-order chi connectivity index (χ0) is 19.1. The van der Waals surface area contributed by atoms with Crippen LogP contribution in [0.4, 0.5) is 4.39 Å². The van der Waals surface area contributed by atoms with Crippen LogP contribution in [0.25, 0.3) is 10.9 Å². The van der Waals surface area contributed by atoms with Gasteiger partial charge in [-0.05, 0) is 72.4 Å². The van der Waals surface area contributed by atoms with E-state index in [-0.39, 0.29) is 5.82 Å². The molecule has 4 heteroatoms. The smallest absolute Gasteiger partial charge is 0.223 e. The van der Waals surface area contributed by atoms with Gasteiger partial charge in [0.1, 0.15) is 5.82 Å². The lowest BCUT2D eigenvalue weighted by Gasteiger charge is -2.32. The summed E-state index contributed by atoms with van der Waals surface area (Å²) >= 11 is 0. The average molecular weight is 376 g/mol. The Morgan fingerprint density at radius 3 is 2.75 bits per heavy atom. The number of amides is 1. The number of nitrogens with zero attached hydrogens (tertiary/aromatic N) is 1. The highest BCUT2D eigenvalue weighted by Gasteiger charge is 2.29. The number of aromatic amines is 1. The number of aromatic nitrogens is 1. The molecule has 0 bridgehead atoms. The predicted octanol–water partition coefficient (Wildman–Crippen LogP) is 5.13. The zero-order valence-electron chi connectivity index (χ0n) is 16.0. The standard InChI is InChI=1S/C24H25FN2O/c25-19-7-8-21-22(15-26-23(21)14-19)17-9-11-27(12-10-17)24(28)13-18-6-5-16-3-1-2-4-20(16)18/h1-4,7-8,14-15,17-18,26H,5-6,9-13H2. The van der Waals surface area contributed by atoms with Gasteiger partial charge in [0.05, 0.1) is 0 Å². The Kier molecular flexibility index (Phi) is 4.42. The maximum atomic E-state index is 13.4. The van der Waals surface area contributed by atoms with E-state index in [4.69, 9.17) is 0 Å². The highest BCUT2D eigenvalue weighted by molar-refractivity contribution is 5.84. The number of H-pyrrole nitrogens is 1. The fraction of sp³-hybridized carbons (Fsp3) is 0.375. The molecule has 2 heterocycles. The summed E-state index contributed by atoms with van der Waals surface area (Å²) < 4.78 is 13.4. The average Bonchev–Trinajstić information content (AvgIpc) is 3.32. The number of carbonyl (C=O) groups excluding carboxylic acids is 1. The van der Waals surface area contributed by atoms with Crippen molar-refractivity contribution in [2.24, 2.45) is 0 Å². The minimum absolute atomic E-state index is 0.213. The Hall–Kier alpha value is -2.62. The summed E-state index contributed by atoms with van der Waals surface area (Å²) in [6.07, 6.45) is 6.77. The van der Waals surface area contributed by atoms with Crippen LogP contribution in [0.1, 0.15) is 54.2 Å². The van der Waals surface area contributed by atoms with Crippen LogP contribution in [0.3, 0.4) is 0 Å². The van der Waals surface area contributed by atoms with Gasteiger partial charge in [-0.3, -0.25) is 4.79 Å². The predicted molar refractivity (Wildman–Crippen MR) is 109 cm³/mol. The van der Waals surface area contributed by atoms with Crippen molar-refractivity contribution in [2.45, 2.75) is 43.9 Å². The zero-order valence-corrected chi connectivity index (χ0v) is 16.0. The second-order valence-electron chi connectivity index (χ2n) is 8.23. The molecule has 1 N–H and O–H groups in total. The number of halogens is 1. The van der Waals surface area contributed by atoms with Crippen LogP contribution >= 0.6 is 0 Å². The minimum Gasteiger partial charge on any atom is -0.361 e. The Labute approximate surface area is 164 Å². The number of nitrogens with one attached hydrogen (secondary N) is 1.